The van der Waals surface area contributed by atoms with Crippen LogP contribution in [-0.2, 0) is 4.74 Å². The number of hydrogen-bond acceptors (Lipinski definition) is 7. The molecule has 0 fully saturated rings. The van der Waals surface area contributed by atoms with E-state index in [-0.39, 0.29) is 12.5 Å². The molecule has 0 aliphatic rings. The lowest BCUT2D eigenvalue weighted by Crippen LogP contribution is -2.15. The molecule has 1 aromatic carbocycles. The zero-order chi connectivity index (χ0) is 22.1. The Kier molecular flexibility index (Phi) is 5.75. The Morgan fingerprint density at radius 2 is 1.94 bits per heavy atom. The Labute approximate surface area is 187 Å². The molecule has 3 aromatic heterocycles. The van der Waals surface area contributed by atoms with E-state index < -0.39 is 5.97 Å². The maximum absolute atomic E-state index is 13.1. The second kappa shape index (κ2) is 8.49. The summed E-state index contributed by atoms with van der Waals surface area (Å²) in [6, 6.07) is 11.5. The van der Waals surface area contributed by atoms with Crippen LogP contribution in [0.5, 0.6) is 0 Å². The van der Waals surface area contributed by atoms with Crippen molar-refractivity contribution < 1.29 is 14.3 Å². The number of thiophene rings is 2. The van der Waals surface area contributed by atoms with E-state index in [1.54, 1.807) is 6.92 Å². The Morgan fingerprint density at radius 3 is 2.65 bits per heavy atom. The van der Waals surface area contributed by atoms with Crippen molar-refractivity contribution in [3.05, 3.63) is 63.5 Å². The van der Waals surface area contributed by atoms with Gasteiger partial charge in [-0.3, -0.25) is 4.79 Å². The van der Waals surface area contributed by atoms with Crippen LogP contribution in [0.3, 0.4) is 0 Å². The van der Waals surface area contributed by atoms with Crippen LogP contribution in [0.1, 0.15) is 38.2 Å². The van der Waals surface area contributed by atoms with Crippen LogP contribution < -0.4 is 11.1 Å². The van der Waals surface area contributed by atoms with E-state index in [9.17, 15) is 9.59 Å². The summed E-state index contributed by atoms with van der Waals surface area (Å²) in [7, 11) is 0. The average Bonchev–Trinajstić information content (AvgIpc) is 3.30. The summed E-state index contributed by atoms with van der Waals surface area (Å²) < 4.78 is 5.26. The van der Waals surface area contributed by atoms with Gasteiger partial charge in [-0.15, -0.1) is 22.7 Å². The molecular formula is C23H21N3O3S2. The number of nitrogens with zero attached hydrogens (tertiary/aromatic N) is 1. The second-order valence-electron chi connectivity index (χ2n) is 7.00. The lowest BCUT2D eigenvalue weighted by Gasteiger charge is -2.08. The van der Waals surface area contributed by atoms with Gasteiger partial charge in [0.2, 0.25) is 0 Å². The molecule has 0 saturated heterocycles. The van der Waals surface area contributed by atoms with Crippen LogP contribution in [0.4, 0.5) is 10.7 Å². The fourth-order valence-electron chi connectivity index (χ4n) is 3.48. The molecule has 4 aromatic rings. The SMILES string of the molecule is CCOC(=O)c1c(-c2ccccc2)csc1NC(=O)c1sc2nc(C)cc(C)c2c1N. The van der Waals surface area contributed by atoms with Gasteiger partial charge in [0.1, 0.15) is 20.3 Å². The fraction of sp³-hybridized carbons (Fsp3) is 0.174. The quantitative estimate of drug-likeness (QED) is 0.382. The van der Waals surface area contributed by atoms with Crippen molar-refractivity contribution in [3.8, 4) is 11.1 Å². The van der Waals surface area contributed by atoms with Crippen molar-refractivity contribution in [2.45, 2.75) is 20.8 Å². The first-order chi connectivity index (χ1) is 14.9. The van der Waals surface area contributed by atoms with Crippen LogP contribution in [0.15, 0.2) is 41.8 Å². The first-order valence-electron chi connectivity index (χ1n) is 9.72. The van der Waals surface area contributed by atoms with Gasteiger partial charge in [-0.05, 0) is 38.0 Å². The maximum atomic E-state index is 13.1. The van der Waals surface area contributed by atoms with E-state index in [1.807, 2.05) is 55.6 Å². The lowest BCUT2D eigenvalue weighted by molar-refractivity contribution is 0.0529. The monoisotopic (exact) mass is 451 g/mol. The van der Waals surface area contributed by atoms with Crippen molar-refractivity contribution in [2.75, 3.05) is 17.7 Å². The van der Waals surface area contributed by atoms with Gasteiger partial charge in [-0.1, -0.05) is 30.3 Å². The Hall–Kier alpha value is -3.23. The molecule has 6 nitrogen and oxygen atoms in total. The third-order valence-electron chi connectivity index (χ3n) is 4.81. The van der Waals surface area contributed by atoms with Gasteiger partial charge in [0.05, 0.1) is 12.3 Å². The van der Waals surface area contributed by atoms with Gasteiger partial charge in [-0.2, -0.15) is 0 Å². The number of nitrogens with one attached hydrogen (secondary N) is 1. The molecule has 158 valence electrons. The number of rotatable bonds is 5. The van der Waals surface area contributed by atoms with E-state index in [0.29, 0.717) is 21.1 Å². The van der Waals surface area contributed by atoms with Crippen molar-refractivity contribution >= 4 is 55.5 Å². The second-order valence-corrected chi connectivity index (χ2v) is 8.88. The zero-order valence-electron chi connectivity index (χ0n) is 17.3. The van der Waals surface area contributed by atoms with Crippen molar-refractivity contribution in [2.24, 2.45) is 0 Å². The number of esters is 1. The molecule has 0 aliphatic heterocycles. The number of amides is 1. The van der Waals surface area contributed by atoms with Crippen molar-refractivity contribution in [1.29, 1.82) is 0 Å². The topological polar surface area (TPSA) is 94.3 Å². The number of pyridine rings is 1. The molecule has 0 atom stereocenters. The van der Waals surface area contributed by atoms with Crippen molar-refractivity contribution in [3.63, 3.8) is 0 Å². The van der Waals surface area contributed by atoms with E-state index in [0.717, 1.165) is 32.6 Å². The number of aromatic nitrogens is 1. The molecule has 3 heterocycles. The minimum absolute atomic E-state index is 0.240. The largest absolute Gasteiger partial charge is 0.462 e. The Morgan fingerprint density at radius 1 is 1.19 bits per heavy atom. The van der Waals surface area contributed by atoms with Gasteiger partial charge < -0.3 is 15.8 Å². The van der Waals surface area contributed by atoms with E-state index >= 15 is 0 Å². The minimum atomic E-state index is -0.477. The molecule has 0 bridgehead atoms. The molecule has 1 amide bonds. The molecule has 0 unspecified atom stereocenters. The average molecular weight is 452 g/mol. The van der Waals surface area contributed by atoms with Gasteiger partial charge in [0.15, 0.2) is 0 Å². The van der Waals surface area contributed by atoms with Crippen LogP contribution in [0.25, 0.3) is 21.3 Å². The van der Waals surface area contributed by atoms with Crippen LogP contribution in [0, 0.1) is 13.8 Å². The first kappa shape index (κ1) is 21.0. The summed E-state index contributed by atoms with van der Waals surface area (Å²) in [5.74, 6) is -0.847. The summed E-state index contributed by atoms with van der Waals surface area (Å²) >= 11 is 2.53. The van der Waals surface area contributed by atoms with E-state index in [1.165, 1.54) is 22.7 Å². The standard InChI is InChI=1S/C23H21N3O3S2/c1-4-29-23(28)17-15(14-8-6-5-7-9-14)11-30-21(17)26-20(27)19-18(24)16-12(2)10-13(3)25-22(16)31-19/h5-11H,4,24H2,1-3H3,(H,26,27). The number of benzene rings is 1. The van der Waals surface area contributed by atoms with E-state index in [4.69, 9.17) is 10.5 Å². The molecule has 0 saturated carbocycles. The number of aryl methyl sites for hydroxylation is 2. The number of ether oxygens (including phenoxy) is 1. The number of carbonyl (C=O) groups excluding carboxylic acids is 2. The van der Waals surface area contributed by atoms with Gasteiger partial charge in [0.25, 0.3) is 5.91 Å². The Balaban J connectivity index is 1.74. The molecule has 0 spiro atoms. The normalized spacial score (nSPS) is 10.9. The van der Waals surface area contributed by atoms with Crippen LogP contribution >= 0.6 is 22.7 Å². The maximum Gasteiger partial charge on any atom is 0.341 e. The smallest absolute Gasteiger partial charge is 0.341 e. The summed E-state index contributed by atoms with van der Waals surface area (Å²) in [5, 5.41) is 5.95. The number of nitrogen functional groups attached to an aromatic ring is 1. The fourth-order valence-corrected chi connectivity index (χ4v) is 5.55. The predicted molar refractivity (Wildman–Crippen MR) is 127 cm³/mol. The predicted octanol–water partition coefficient (Wildman–Crippen LogP) is 5.65. The third kappa shape index (κ3) is 3.92. The van der Waals surface area contributed by atoms with Gasteiger partial charge in [0, 0.05) is 22.0 Å². The number of hydrogen-bond donors (Lipinski definition) is 2. The molecule has 4 rings (SSSR count). The molecule has 3 N–H and O–H groups in total. The summed E-state index contributed by atoms with van der Waals surface area (Å²) in [5.41, 5.74) is 10.5. The lowest BCUT2D eigenvalue weighted by atomic mass is 10.0. The van der Waals surface area contributed by atoms with E-state index in [2.05, 4.69) is 10.3 Å². The Bertz CT molecular complexity index is 1290. The number of fused-ring (bicyclic) bond motifs is 1. The van der Waals surface area contributed by atoms with Crippen LogP contribution in [-0.4, -0.2) is 23.5 Å². The zero-order valence-corrected chi connectivity index (χ0v) is 18.9. The van der Waals surface area contributed by atoms with Crippen molar-refractivity contribution in [1.82, 2.24) is 4.98 Å². The molecule has 0 radical (unpaired) electrons. The summed E-state index contributed by atoms with van der Waals surface area (Å²) in [4.78, 5) is 31.5. The third-order valence-corrected chi connectivity index (χ3v) is 6.81. The van der Waals surface area contributed by atoms with Crippen LogP contribution in [0.2, 0.25) is 0 Å². The number of carbonyl (C=O) groups is 2. The molecule has 31 heavy (non-hydrogen) atoms. The molecule has 0 aliphatic carbocycles. The highest BCUT2D eigenvalue weighted by Crippen LogP contribution is 2.39. The first-order valence-corrected chi connectivity index (χ1v) is 11.4. The van der Waals surface area contributed by atoms with Gasteiger partial charge >= 0.3 is 5.97 Å². The minimum Gasteiger partial charge on any atom is -0.462 e. The number of nitrogens with two attached hydrogens (primary N) is 1. The highest BCUT2D eigenvalue weighted by atomic mass is 32.1. The molecule has 8 heteroatoms. The van der Waals surface area contributed by atoms with Gasteiger partial charge in [-0.25, -0.2) is 9.78 Å². The highest BCUT2D eigenvalue weighted by molar-refractivity contribution is 7.21. The highest BCUT2D eigenvalue weighted by Gasteiger charge is 2.25. The number of anilines is 2. The summed E-state index contributed by atoms with van der Waals surface area (Å²) in [6.07, 6.45) is 0. The summed E-state index contributed by atoms with van der Waals surface area (Å²) in [6.45, 7) is 5.85. The molecular weight excluding hydrogens is 430 g/mol.